The fourth-order valence-corrected chi connectivity index (χ4v) is 3.81. The van der Waals surface area contributed by atoms with E-state index in [1.54, 1.807) is 6.07 Å². The fraction of sp³-hybridized carbons (Fsp3) is 0.0417. The van der Waals surface area contributed by atoms with Gasteiger partial charge in [0.05, 0.1) is 10.7 Å². The van der Waals surface area contributed by atoms with Crippen molar-refractivity contribution in [2.45, 2.75) is 6.61 Å². The van der Waals surface area contributed by atoms with Crippen LogP contribution in [0.15, 0.2) is 66.2 Å². The summed E-state index contributed by atoms with van der Waals surface area (Å²) in [5.74, 6) is -2.90. The summed E-state index contributed by atoms with van der Waals surface area (Å²) in [7, 11) is 0. The molecule has 1 heterocycles. The summed E-state index contributed by atoms with van der Waals surface area (Å²) < 4.78 is 33.0. The summed E-state index contributed by atoms with van der Waals surface area (Å²) in [5, 5.41) is 2.31. The lowest BCUT2D eigenvalue weighted by Gasteiger charge is -2.26. The second kappa shape index (κ2) is 9.62. The van der Waals surface area contributed by atoms with E-state index in [1.165, 1.54) is 42.5 Å². The number of anilines is 1. The van der Waals surface area contributed by atoms with Crippen LogP contribution in [0.1, 0.15) is 11.1 Å². The molecule has 0 atom stereocenters. The highest BCUT2D eigenvalue weighted by atomic mass is 35.5. The normalized spacial score (nSPS) is 15.0. The third-order valence-corrected chi connectivity index (χ3v) is 5.35. The number of carbonyl (C=O) groups excluding carboxylic acids is 3. The van der Waals surface area contributed by atoms with Gasteiger partial charge in [0, 0.05) is 16.1 Å². The predicted molar refractivity (Wildman–Crippen MR) is 123 cm³/mol. The van der Waals surface area contributed by atoms with Gasteiger partial charge in [-0.05, 0) is 48.5 Å². The van der Waals surface area contributed by atoms with Crippen LogP contribution in [0, 0.1) is 11.6 Å². The van der Waals surface area contributed by atoms with Gasteiger partial charge in [0.15, 0.2) is 0 Å². The maximum Gasteiger partial charge on any atom is 0.335 e. The fourth-order valence-electron chi connectivity index (χ4n) is 3.24. The summed E-state index contributed by atoms with van der Waals surface area (Å²) in [6.07, 6.45) is 1.16. The molecule has 0 aromatic heterocycles. The Morgan fingerprint density at radius 1 is 0.971 bits per heavy atom. The van der Waals surface area contributed by atoms with Crippen molar-refractivity contribution in [3.8, 4) is 5.75 Å². The molecule has 0 saturated carbocycles. The summed E-state index contributed by atoms with van der Waals surface area (Å²) in [6.45, 7) is -0.190. The molecule has 3 aromatic carbocycles. The van der Waals surface area contributed by atoms with Crippen molar-refractivity contribution in [2.75, 3.05) is 4.90 Å². The number of amides is 4. The van der Waals surface area contributed by atoms with E-state index in [1.807, 2.05) is 0 Å². The zero-order valence-electron chi connectivity index (χ0n) is 17.2. The van der Waals surface area contributed by atoms with Crippen LogP contribution in [0.25, 0.3) is 6.08 Å². The highest BCUT2D eigenvalue weighted by Gasteiger charge is 2.37. The minimum Gasteiger partial charge on any atom is -0.487 e. The van der Waals surface area contributed by atoms with E-state index in [0.717, 1.165) is 18.2 Å². The molecule has 10 heteroatoms. The number of hydrogen-bond donors (Lipinski definition) is 1. The molecule has 0 spiro atoms. The molecular weight excluding hydrogens is 489 g/mol. The highest BCUT2D eigenvalue weighted by Crippen LogP contribution is 2.35. The highest BCUT2D eigenvalue weighted by molar-refractivity contribution is 6.40. The minimum atomic E-state index is -0.987. The Labute approximate surface area is 202 Å². The summed E-state index contributed by atoms with van der Waals surface area (Å²) >= 11 is 12.4. The smallest absolute Gasteiger partial charge is 0.335 e. The molecular formula is C24H14Cl2F2N2O4. The van der Waals surface area contributed by atoms with Gasteiger partial charge in [0.1, 0.15) is 29.6 Å². The largest absolute Gasteiger partial charge is 0.487 e. The van der Waals surface area contributed by atoms with Gasteiger partial charge in [0.2, 0.25) is 0 Å². The first-order valence-corrected chi connectivity index (χ1v) is 10.5. The monoisotopic (exact) mass is 502 g/mol. The predicted octanol–water partition coefficient (Wildman–Crippen LogP) is 5.52. The van der Waals surface area contributed by atoms with Gasteiger partial charge in [-0.1, -0.05) is 41.4 Å². The van der Waals surface area contributed by atoms with E-state index < -0.39 is 35.1 Å². The number of urea groups is 1. The number of nitrogens with zero attached hydrogens (tertiary/aromatic N) is 1. The van der Waals surface area contributed by atoms with Crippen molar-refractivity contribution in [3.63, 3.8) is 0 Å². The number of ether oxygens (including phenoxy) is 1. The second-order valence-corrected chi connectivity index (χ2v) is 7.96. The molecule has 172 valence electrons. The maximum atomic E-state index is 14.0. The van der Waals surface area contributed by atoms with Crippen LogP contribution in [-0.4, -0.2) is 17.8 Å². The van der Waals surface area contributed by atoms with Gasteiger partial charge in [-0.15, -0.1) is 0 Å². The summed E-state index contributed by atoms with van der Waals surface area (Å²) in [6, 6.07) is 12.4. The number of barbiturate groups is 1. The van der Waals surface area contributed by atoms with Crippen molar-refractivity contribution in [3.05, 3.63) is 99.0 Å². The lowest BCUT2D eigenvalue weighted by Crippen LogP contribution is -2.54. The molecule has 4 amide bonds. The zero-order chi connectivity index (χ0) is 24.4. The molecule has 3 aromatic rings. The number of hydrogen-bond acceptors (Lipinski definition) is 4. The standard InChI is InChI=1S/C24H14Cl2F2N2O4/c25-15-9-14(21(19(26)11-15)34-12-13-3-1-2-4-20(13)28)10-18-22(31)29-24(33)30(23(18)32)17-7-5-16(27)6-8-17/h1-11H,12H2,(H,29,31,33)/b18-10+. The van der Waals surface area contributed by atoms with Crippen LogP contribution in [0.4, 0.5) is 19.3 Å². The third-order valence-electron chi connectivity index (χ3n) is 4.85. The Balaban J connectivity index is 1.72. The van der Waals surface area contributed by atoms with Crippen molar-refractivity contribution < 1.29 is 27.9 Å². The topological polar surface area (TPSA) is 75.7 Å². The van der Waals surface area contributed by atoms with Gasteiger partial charge < -0.3 is 4.74 Å². The quantitative estimate of drug-likeness (QED) is 0.368. The van der Waals surface area contributed by atoms with Gasteiger partial charge in [-0.2, -0.15) is 0 Å². The molecule has 0 aliphatic carbocycles. The molecule has 1 aliphatic rings. The Morgan fingerprint density at radius 2 is 1.68 bits per heavy atom. The van der Waals surface area contributed by atoms with E-state index in [4.69, 9.17) is 27.9 Å². The molecule has 0 radical (unpaired) electrons. The first kappa shape index (κ1) is 23.4. The molecule has 34 heavy (non-hydrogen) atoms. The molecule has 0 bridgehead atoms. The van der Waals surface area contributed by atoms with Crippen molar-refractivity contribution in [1.82, 2.24) is 5.32 Å². The second-order valence-electron chi connectivity index (χ2n) is 7.12. The Kier molecular flexibility index (Phi) is 6.63. The van der Waals surface area contributed by atoms with E-state index in [9.17, 15) is 23.2 Å². The number of halogens is 4. The van der Waals surface area contributed by atoms with Crippen molar-refractivity contribution in [2.24, 2.45) is 0 Å². The van der Waals surface area contributed by atoms with Gasteiger partial charge in [-0.25, -0.2) is 18.5 Å². The van der Waals surface area contributed by atoms with Crippen LogP contribution in [0.3, 0.4) is 0 Å². The molecule has 1 saturated heterocycles. The van der Waals surface area contributed by atoms with E-state index >= 15 is 0 Å². The average Bonchev–Trinajstić information content (AvgIpc) is 2.78. The third kappa shape index (κ3) is 4.78. The summed E-state index contributed by atoms with van der Waals surface area (Å²) in [4.78, 5) is 38.6. The number of benzene rings is 3. The molecule has 1 aliphatic heterocycles. The lowest BCUT2D eigenvalue weighted by molar-refractivity contribution is -0.122. The zero-order valence-corrected chi connectivity index (χ0v) is 18.7. The minimum absolute atomic E-state index is 0.0488. The Morgan fingerprint density at radius 3 is 2.38 bits per heavy atom. The van der Waals surface area contributed by atoms with Crippen LogP contribution in [-0.2, 0) is 16.2 Å². The Hall–Kier alpha value is -3.75. The van der Waals surface area contributed by atoms with Gasteiger partial charge >= 0.3 is 6.03 Å². The number of imide groups is 2. The van der Waals surface area contributed by atoms with E-state index in [2.05, 4.69) is 5.32 Å². The molecule has 1 N–H and O–H groups in total. The van der Waals surface area contributed by atoms with Gasteiger partial charge in [0.25, 0.3) is 11.8 Å². The van der Waals surface area contributed by atoms with Crippen LogP contribution >= 0.6 is 23.2 Å². The molecule has 1 fully saturated rings. The van der Waals surface area contributed by atoms with Crippen LogP contribution < -0.4 is 15.0 Å². The number of rotatable bonds is 5. The van der Waals surface area contributed by atoms with E-state index in [0.29, 0.717) is 4.90 Å². The average molecular weight is 503 g/mol. The first-order chi connectivity index (χ1) is 16.2. The van der Waals surface area contributed by atoms with Crippen molar-refractivity contribution in [1.29, 1.82) is 0 Å². The van der Waals surface area contributed by atoms with Crippen molar-refractivity contribution >= 4 is 52.8 Å². The van der Waals surface area contributed by atoms with Crippen LogP contribution in [0.2, 0.25) is 10.0 Å². The van der Waals surface area contributed by atoms with Gasteiger partial charge in [-0.3, -0.25) is 14.9 Å². The number of carbonyl (C=O) groups is 3. The summed E-state index contributed by atoms with van der Waals surface area (Å²) in [5.41, 5.74) is 0.0490. The Bertz CT molecular complexity index is 1340. The molecule has 6 nitrogen and oxygen atoms in total. The first-order valence-electron chi connectivity index (χ1n) is 9.77. The van der Waals surface area contributed by atoms with E-state index in [-0.39, 0.29) is 39.2 Å². The SMILES string of the molecule is O=C1NC(=O)N(c2ccc(F)cc2)C(=O)/C1=C/c1cc(Cl)cc(Cl)c1OCc1ccccc1F. The molecule has 4 rings (SSSR count). The number of nitrogens with one attached hydrogen (secondary N) is 1. The lowest BCUT2D eigenvalue weighted by atomic mass is 10.1. The van der Waals surface area contributed by atoms with Crippen LogP contribution in [0.5, 0.6) is 5.75 Å². The molecule has 0 unspecified atom stereocenters. The maximum absolute atomic E-state index is 14.0.